The van der Waals surface area contributed by atoms with Crippen LogP contribution in [0.3, 0.4) is 0 Å². The van der Waals surface area contributed by atoms with Gasteiger partial charge in [0.05, 0.1) is 0 Å². The van der Waals surface area contributed by atoms with Gasteiger partial charge in [0, 0.05) is 37.9 Å². The highest BCUT2D eigenvalue weighted by atomic mass is 32.1. The molecule has 0 saturated carbocycles. The third-order valence-corrected chi connectivity index (χ3v) is 7.12. The zero-order chi connectivity index (χ0) is 24.3. The molecular weight excluding hydrogens is 446 g/mol. The minimum absolute atomic E-state index is 0.0295. The van der Waals surface area contributed by atoms with Crippen molar-refractivity contribution in [1.29, 1.82) is 0 Å². The van der Waals surface area contributed by atoms with Crippen LogP contribution in [0, 0.1) is 5.41 Å². The second kappa shape index (κ2) is 10.1. The van der Waals surface area contributed by atoms with E-state index in [0.717, 1.165) is 52.2 Å². The molecule has 3 aromatic heterocycles. The first-order valence-corrected chi connectivity index (χ1v) is 12.4. The van der Waals surface area contributed by atoms with E-state index in [4.69, 9.17) is 4.98 Å². The normalized spacial score (nSPS) is 17.1. The molecular formula is C25H33N7OS. The fraction of sp³-hybridized carbons (Fsp3) is 0.440. The highest BCUT2D eigenvalue weighted by Gasteiger charge is 2.25. The largest absolute Gasteiger partial charge is 0.365 e. The molecule has 0 bridgehead atoms. The van der Waals surface area contributed by atoms with Crippen molar-refractivity contribution in [2.24, 2.45) is 5.41 Å². The number of hydrogen-bond donors (Lipinski definition) is 3. The number of nitrogens with one attached hydrogen (secondary N) is 3. The summed E-state index contributed by atoms with van der Waals surface area (Å²) in [7, 11) is 0. The van der Waals surface area contributed by atoms with Crippen LogP contribution in [0.5, 0.6) is 0 Å². The Hall–Kier alpha value is -3.04. The molecule has 0 aromatic carbocycles. The van der Waals surface area contributed by atoms with Crippen LogP contribution in [0.1, 0.15) is 39.7 Å². The Morgan fingerprint density at radius 1 is 1.32 bits per heavy atom. The van der Waals surface area contributed by atoms with Gasteiger partial charge in [-0.15, -0.1) is 0 Å². The van der Waals surface area contributed by atoms with Crippen molar-refractivity contribution in [3.05, 3.63) is 48.7 Å². The highest BCUT2D eigenvalue weighted by Crippen LogP contribution is 2.28. The van der Waals surface area contributed by atoms with E-state index < -0.39 is 0 Å². The van der Waals surface area contributed by atoms with Gasteiger partial charge >= 0.3 is 0 Å². The predicted molar refractivity (Wildman–Crippen MR) is 139 cm³/mol. The van der Waals surface area contributed by atoms with Crippen molar-refractivity contribution in [2.75, 3.05) is 23.7 Å². The number of aromatic nitrogens is 3. The molecule has 180 valence electrons. The molecule has 2 unspecified atom stereocenters. The molecule has 8 nitrogen and oxygen atoms in total. The average Bonchev–Trinajstić information content (AvgIpc) is 3.42. The van der Waals surface area contributed by atoms with Gasteiger partial charge in [0.15, 0.2) is 5.13 Å². The van der Waals surface area contributed by atoms with E-state index in [2.05, 4.69) is 72.3 Å². The van der Waals surface area contributed by atoms with Crippen molar-refractivity contribution in [3.8, 4) is 0 Å². The molecule has 0 radical (unpaired) electrons. The minimum Gasteiger partial charge on any atom is -0.365 e. The number of fused-ring (bicyclic) bond motifs is 1. The lowest BCUT2D eigenvalue weighted by atomic mass is 9.88. The average molecular weight is 480 g/mol. The first kappa shape index (κ1) is 24.1. The Balaban J connectivity index is 1.54. The van der Waals surface area contributed by atoms with Crippen molar-refractivity contribution < 1.29 is 4.79 Å². The van der Waals surface area contributed by atoms with E-state index in [1.165, 1.54) is 17.4 Å². The summed E-state index contributed by atoms with van der Waals surface area (Å²) in [6.07, 6.45) is 4.02. The molecule has 2 atom stereocenters. The Morgan fingerprint density at radius 3 is 2.85 bits per heavy atom. The third kappa shape index (κ3) is 5.90. The molecule has 1 saturated heterocycles. The van der Waals surface area contributed by atoms with Crippen molar-refractivity contribution in [3.63, 3.8) is 0 Å². The van der Waals surface area contributed by atoms with E-state index in [1.807, 2.05) is 17.0 Å². The summed E-state index contributed by atoms with van der Waals surface area (Å²) in [5.74, 6) is 1.47. The van der Waals surface area contributed by atoms with Gasteiger partial charge in [-0.3, -0.25) is 4.79 Å². The van der Waals surface area contributed by atoms with E-state index in [1.54, 1.807) is 6.20 Å². The van der Waals surface area contributed by atoms with Crippen LogP contribution in [0.15, 0.2) is 43.1 Å². The molecule has 0 spiro atoms. The summed E-state index contributed by atoms with van der Waals surface area (Å²) in [5.41, 5.74) is 2.14. The van der Waals surface area contributed by atoms with E-state index in [0.29, 0.717) is 12.6 Å². The van der Waals surface area contributed by atoms with Crippen molar-refractivity contribution >= 4 is 44.4 Å². The Kier molecular flexibility index (Phi) is 7.13. The molecule has 1 aliphatic rings. The van der Waals surface area contributed by atoms with Crippen LogP contribution in [-0.4, -0.2) is 50.9 Å². The minimum atomic E-state index is -0.0295. The number of hydrogen-bond acceptors (Lipinski definition) is 8. The molecule has 1 aliphatic heterocycles. The maximum absolute atomic E-state index is 12.0. The SMILES string of the molecule is C=CC(=O)N1CCC(Nc2cc(CNC(C)C(C)(C)C)cc(Nc3nc4cccnc4s3)n2)C1. The fourth-order valence-corrected chi connectivity index (χ4v) is 4.57. The van der Waals surface area contributed by atoms with E-state index >= 15 is 0 Å². The number of nitrogens with zero attached hydrogens (tertiary/aromatic N) is 4. The predicted octanol–water partition coefficient (Wildman–Crippen LogP) is 4.55. The van der Waals surface area contributed by atoms with Crippen LogP contribution in [0.25, 0.3) is 10.3 Å². The molecule has 1 fully saturated rings. The molecule has 3 N–H and O–H groups in total. The topological polar surface area (TPSA) is 95.1 Å². The Morgan fingerprint density at radius 2 is 2.12 bits per heavy atom. The van der Waals surface area contributed by atoms with Gasteiger partial charge in [-0.1, -0.05) is 38.7 Å². The van der Waals surface area contributed by atoms with Crippen molar-refractivity contribution in [2.45, 2.75) is 52.7 Å². The van der Waals surface area contributed by atoms with E-state index in [-0.39, 0.29) is 17.4 Å². The molecule has 3 aromatic rings. The van der Waals surface area contributed by atoms with Gasteiger partial charge in [-0.25, -0.2) is 15.0 Å². The van der Waals surface area contributed by atoms with Gasteiger partial charge in [-0.05, 0) is 54.7 Å². The smallest absolute Gasteiger partial charge is 0.246 e. The summed E-state index contributed by atoms with van der Waals surface area (Å²) in [4.78, 5) is 28.5. The second-order valence-corrected chi connectivity index (χ2v) is 10.8. The second-order valence-electron chi connectivity index (χ2n) is 9.80. The quantitative estimate of drug-likeness (QED) is 0.408. The number of pyridine rings is 2. The standard InChI is InChI=1S/C25H33N7OS/c1-6-22(33)32-11-9-18(15-32)28-20-12-17(14-27-16(2)25(3,4)5)13-21(30-20)31-24-29-19-8-7-10-26-23(19)34-24/h6-8,10,12-13,16,18,27H,1,9,11,14-15H2,2-5H3,(H2,28,29,30,31). The summed E-state index contributed by atoms with van der Waals surface area (Å²) in [6.45, 7) is 14.6. The molecule has 4 heterocycles. The van der Waals surface area contributed by atoms with Crippen LogP contribution < -0.4 is 16.0 Å². The number of amides is 1. The maximum atomic E-state index is 12.0. The number of anilines is 3. The first-order valence-electron chi connectivity index (χ1n) is 11.6. The number of carbonyl (C=O) groups is 1. The molecule has 4 rings (SSSR count). The maximum Gasteiger partial charge on any atom is 0.246 e. The lowest BCUT2D eigenvalue weighted by molar-refractivity contribution is -0.125. The summed E-state index contributed by atoms with van der Waals surface area (Å²) in [6, 6.07) is 8.46. The third-order valence-electron chi connectivity index (χ3n) is 6.22. The zero-order valence-electron chi connectivity index (χ0n) is 20.3. The van der Waals surface area contributed by atoms with Gasteiger partial charge < -0.3 is 20.9 Å². The monoisotopic (exact) mass is 479 g/mol. The number of thiazole rings is 1. The van der Waals surface area contributed by atoms with Crippen LogP contribution in [0.4, 0.5) is 16.8 Å². The van der Waals surface area contributed by atoms with Gasteiger partial charge in [0.2, 0.25) is 5.91 Å². The lowest BCUT2D eigenvalue weighted by Crippen LogP contribution is -2.37. The number of carbonyl (C=O) groups excluding carboxylic acids is 1. The van der Waals surface area contributed by atoms with E-state index in [9.17, 15) is 4.79 Å². The number of likely N-dealkylation sites (tertiary alicyclic amines) is 1. The van der Waals surface area contributed by atoms with Crippen LogP contribution in [0.2, 0.25) is 0 Å². The molecule has 34 heavy (non-hydrogen) atoms. The van der Waals surface area contributed by atoms with Crippen LogP contribution >= 0.6 is 11.3 Å². The molecule has 0 aliphatic carbocycles. The first-order chi connectivity index (χ1) is 16.2. The Labute approximate surface area is 204 Å². The number of rotatable bonds is 8. The molecule has 9 heteroatoms. The summed E-state index contributed by atoms with van der Waals surface area (Å²) < 4.78 is 0. The summed E-state index contributed by atoms with van der Waals surface area (Å²) >= 11 is 1.50. The lowest BCUT2D eigenvalue weighted by Gasteiger charge is -2.28. The van der Waals surface area contributed by atoms with Crippen molar-refractivity contribution in [1.82, 2.24) is 25.2 Å². The van der Waals surface area contributed by atoms with Gasteiger partial charge in [0.25, 0.3) is 0 Å². The van der Waals surface area contributed by atoms with Crippen LogP contribution in [-0.2, 0) is 11.3 Å². The Bertz CT molecular complexity index is 1140. The highest BCUT2D eigenvalue weighted by molar-refractivity contribution is 7.21. The summed E-state index contributed by atoms with van der Waals surface area (Å²) in [5, 5.41) is 11.3. The van der Waals surface area contributed by atoms with Gasteiger partial charge in [0.1, 0.15) is 22.0 Å². The molecule has 1 amide bonds. The zero-order valence-corrected chi connectivity index (χ0v) is 21.1. The fourth-order valence-electron chi connectivity index (χ4n) is 3.75. The van der Waals surface area contributed by atoms with Gasteiger partial charge in [-0.2, -0.15) is 0 Å².